The second kappa shape index (κ2) is 10.6. The zero-order chi connectivity index (χ0) is 27.8. The molecule has 1 amide bonds. The van der Waals surface area contributed by atoms with E-state index in [4.69, 9.17) is 0 Å². The van der Waals surface area contributed by atoms with Crippen LogP contribution in [0.2, 0.25) is 0 Å². The van der Waals surface area contributed by atoms with E-state index >= 15 is 0 Å². The first kappa shape index (κ1) is 27.7. The molecule has 2 aliphatic carbocycles. The number of nitriles is 1. The molecule has 3 aliphatic rings. The van der Waals surface area contributed by atoms with E-state index in [1.54, 1.807) is 0 Å². The molecule has 1 aliphatic heterocycles. The van der Waals surface area contributed by atoms with Gasteiger partial charge in [0.05, 0.1) is 11.5 Å². The van der Waals surface area contributed by atoms with Crippen molar-refractivity contribution in [3.05, 3.63) is 71.3 Å². The Kier molecular flexibility index (Phi) is 7.51. The summed E-state index contributed by atoms with van der Waals surface area (Å²) in [5, 5.41) is 20.0. The number of likely N-dealkylation sites (tertiary alicyclic amines) is 1. The van der Waals surface area contributed by atoms with Crippen LogP contribution in [0, 0.1) is 11.3 Å². The highest BCUT2D eigenvalue weighted by Gasteiger charge is 2.51. The lowest BCUT2D eigenvalue weighted by Crippen LogP contribution is -2.51. The van der Waals surface area contributed by atoms with Crippen LogP contribution in [0.4, 0.5) is 13.2 Å². The molecule has 0 radical (unpaired) electrons. The number of nitrogens with zero attached hydrogens (tertiary/aromatic N) is 3. The number of aliphatic hydroxyl groups is 1. The fourth-order valence-corrected chi connectivity index (χ4v) is 6.44. The summed E-state index contributed by atoms with van der Waals surface area (Å²) >= 11 is 0. The molecule has 2 saturated carbocycles. The van der Waals surface area contributed by atoms with E-state index in [2.05, 4.69) is 23.1 Å². The maximum absolute atomic E-state index is 13.5. The molecule has 2 aromatic carbocycles. The Morgan fingerprint density at radius 3 is 2.03 bits per heavy atom. The van der Waals surface area contributed by atoms with Crippen LogP contribution in [0.25, 0.3) is 0 Å². The van der Waals surface area contributed by atoms with Crippen LogP contribution in [0.5, 0.6) is 0 Å². The Balaban J connectivity index is 1.20. The molecule has 3 fully saturated rings. The van der Waals surface area contributed by atoms with Crippen LogP contribution < -0.4 is 0 Å². The van der Waals surface area contributed by atoms with E-state index in [0.29, 0.717) is 11.6 Å². The predicted molar refractivity (Wildman–Crippen MR) is 142 cm³/mol. The number of amides is 1. The quantitative estimate of drug-likeness (QED) is 0.494. The monoisotopic (exact) mass is 539 g/mol. The summed E-state index contributed by atoms with van der Waals surface area (Å²) in [4.78, 5) is 18.0. The second-order valence-corrected chi connectivity index (χ2v) is 11.6. The van der Waals surface area contributed by atoms with Crippen LogP contribution in [0.1, 0.15) is 79.8 Å². The van der Waals surface area contributed by atoms with Gasteiger partial charge < -0.3 is 14.9 Å². The third-order valence-corrected chi connectivity index (χ3v) is 9.18. The summed E-state index contributed by atoms with van der Waals surface area (Å²) in [6, 6.07) is 18.6. The van der Waals surface area contributed by atoms with Gasteiger partial charge in [0.2, 0.25) is 0 Å². The molecule has 1 atom stereocenters. The van der Waals surface area contributed by atoms with Crippen LogP contribution >= 0.6 is 0 Å². The van der Waals surface area contributed by atoms with Crippen molar-refractivity contribution in [1.29, 1.82) is 5.26 Å². The van der Waals surface area contributed by atoms with Crippen molar-refractivity contribution in [3.63, 3.8) is 0 Å². The molecule has 208 valence electrons. The van der Waals surface area contributed by atoms with E-state index in [1.807, 2.05) is 23.1 Å². The van der Waals surface area contributed by atoms with Gasteiger partial charge in [-0.3, -0.25) is 4.79 Å². The maximum Gasteiger partial charge on any atom is 0.421 e. The first-order valence-corrected chi connectivity index (χ1v) is 14.0. The van der Waals surface area contributed by atoms with Crippen molar-refractivity contribution < 1.29 is 23.1 Å². The molecule has 1 saturated heterocycles. The Morgan fingerprint density at radius 1 is 0.949 bits per heavy atom. The zero-order valence-corrected chi connectivity index (χ0v) is 22.3. The topological polar surface area (TPSA) is 67.6 Å². The number of rotatable bonds is 6. The smallest absolute Gasteiger partial charge is 0.376 e. The van der Waals surface area contributed by atoms with Crippen LogP contribution in [0.15, 0.2) is 54.6 Å². The standard InChI is InChI=1S/C31H36F3N3O2/c1-29(39,31(32,33)34)23-9-7-22(8-10-23)28(38)37(26-11-12-26)27-15-19-36(20-16-27)25-13-17-30(21-35,18-14-25)24-5-3-2-4-6-24/h2-10,25-27,39H,11-20H2,1H3/t25?,29-,30?/m0/s1. The third-order valence-electron chi connectivity index (χ3n) is 9.18. The van der Waals surface area contributed by atoms with E-state index < -0.39 is 17.2 Å². The van der Waals surface area contributed by atoms with E-state index in [9.17, 15) is 28.3 Å². The minimum Gasteiger partial charge on any atom is -0.376 e. The normalized spacial score (nSPS) is 26.4. The Labute approximate surface area is 228 Å². The lowest BCUT2D eigenvalue weighted by atomic mass is 9.69. The van der Waals surface area contributed by atoms with Gasteiger partial charge in [-0.05, 0) is 81.5 Å². The molecule has 0 unspecified atom stereocenters. The van der Waals surface area contributed by atoms with Gasteiger partial charge in [0, 0.05) is 36.8 Å². The number of piperidine rings is 1. The molecule has 0 aromatic heterocycles. The van der Waals surface area contributed by atoms with Crippen molar-refractivity contribution in [1.82, 2.24) is 9.80 Å². The number of alkyl halides is 3. The fraction of sp³-hybridized carbons (Fsp3) is 0.548. The van der Waals surface area contributed by atoms with Crippen LogP contribution in [0.3, 0.4) is 0 Å². The Bertz CT molecular complexity index is 1190. The van der Waals surface area contributed by atoms with Crippen molar-refractivity contribution in [2.75, 3.05) is 13.1 Å². The van der Waals surface area contributed by atoms with Crippen molar-refractivity contribution in [2.24, 2.45) is 0 Å². The highest BCUT2D eigenvalue weighted by Crippen LogP contribution is 2.42. The molecule has 5 nitrogen and oxygen atoms in total. The van der Waals surface area contributed by atoms with Crippen LogP contribution in [-0.4, -0.2) is 58.2 Å². The number of halogens is 3. The van der Waals surface area contributed by atoms with E-state index in [0.717, 1.165) is 76.9 Å². The molecule has 39 heavy (non-hydrogen) atoms. The summed E-state index contributed by atoms with van der Waals surface area (Å²) < 4.78 is 39.7. The first-order valence-electron chi connectivity index (χ1n) is 14.0. The molecule has 1 heterocycles. The molecule has 2 aromatic rings. The molecular weight excluding hydrogens is 503 g/mol. The summed E-state index contributed by atoms with van der Waals surface area (Å²) in [6.07, 6.45) is 2.48. The average Bonchev–Trinajstić information content (AvgIpc) is 3.79. The molecule has 0 spiro atoms. The first-order chi connectivity index (χ1) is 18.6. The average molecular weight is 540 g/mol. The van der Waals surface area contributed by atoms with Gasteiger partial charge in [0.25, 0.3) is 5.91 Å². The highest BCUT2D eigenvalue weighted by molar-refractivity contribution is 5.95. The number of hydrogen-bond acceptors (Lipinski definition) is 4. The summed E-state index contributed by atoms with van der Waals surface area (Å²) in [5.74, 6) is -0.145. The summed E-state index contributed by atoms with van der Waals surface area (Å²) in [6.45, 7) is 2.51. The lowest BCUT2D eigenvalue weighted by Gasteiger charge is -2.45. The van der Waals surface area contributed by atoms with E-state index in [1.165, 1.54) is 24.3 Å². The van der Waals surface area contributed by atoms with Gasteiger partial charge in [0.15, 0.2) is 5.60 Å². The molecule has 5 rings (SSSR count). The lowest BCUT2D eigenvalue weighted by molar-refractivity contribution is -0.258. The summed E-state index contributed by atoms with van der Waals surface area (Å²) in [7, 11) is 0. The van der Waals surface area contributed by atoms with Crippen molar-refractivity contribution >= 4 is 5.91 Å². The van der Waals surface area contributed by atoms with Gasteiger partial charge in [-0.15, -0.1) is 0 Å². The van der Waals surface area contributed by atoms with Gasteiger partial charge >= 0.3 is 6.18 Å². The van der Waals surface area contributed by atoms with Gasteiger partial charge in [-0.1, -0.05) is 42.5 Å². The van der Waals surface area contributed by atoms with Gasteiger partial charge in [-0.25, -0.2) is 0 Å². The zero-order valence-electron chi connectivity index (χ0n) is 22.3. The van der Waals surface area contributed by atoms with E-state index in [-0.39, 0.29) is 23.6 Å². The Morgan fingerprint density at radius 2 is 1.51 bits per heavy atom. The summed E-state index contributed by atoms with van der Waals surface area (Å²) in [5.41, 5.74) is -2.19. The molecule has 8 heteroatoms. The number of carbonyl (C=O) groups excluding carboxylic acids is 1. The molecular formula is C31H36F3N3O2. The minimum atomic E-state index is -4.80. The Hall–Kier alpha value is -2.89. The second-order valence-electron chi connectivity index (χ2n) is 11.6. The fourth-order valence-electron chi connectivity index (χ4n) is 6.44. The predicted octanol–water partition coefficient (Wildman–Crippen LogP) is 5.93. The largest absolute Gasteiger partial charge is 0.421 e. The highest BCUT2D eigenvalue weighted by atomic mass is 19.4. The number of benzene rings is 2. The minimum absolute atomic E-state index is 0.102. The number of carbonyl (C=O) groups is 1. The van der Waals surface area contributed by atoms with Gasteiger partial charge in [-0.2, -0.15) is 18.4 Å². The SMILES string of the molecule is C[C@](O)(c1ccc(C(=O)N(C2CC2)C2CCN(C3CCC(C#N)(c4ccccc4)CC3)CC2)cc1)C(F)(F)F. The third kappa shape index (κ3) is 5.44. The number of hydrogen-bond donors (Lipinski definition) is 1. The van der Waals surface area contributed by atoms with Crippen molar-refractivity contribution in [2.45, 2.75) is 93.6 Å². The van der Waals surface area contributed by atoms with Crippen molar-refractivity contribution in [3.8, 4) is 6.07 Å². The van der Waals surface area contributed by atoms with Gasteiger partial charge in [0.1, 0.15) is 0 Å². The molecule has 1 N–H and O–H groups in total. The molecule has 0 bridgehead atoms. The maximum atomic E-state index is 13.5. The van der Waals surface area contributed by atoms with Crippen LogP contribution in [-0.2, 0) is 11.0 Å².